The van der Waals surface area contributed by atoms with Crippen LogP contribution in [0.4, 0.5) is 11.6 Å². The minimum absolute atomic E-state index is 0.437. The van der Waals surface area contributed by atoms with Crippen LogP contribution in [0.25, 0.3) is 0 Å². The molecular weight excluding hydrogens is 398 g/mol. The molecule has 0 bridgehead atoms. The first-order valence-electron chi connectivity index (χ1n) is 11.6. The lowest BCUT2D eigenvalue weighted by atomic mass is 9.93. The van der Waals surface area contributed by atoms with E-state index in [1.54, 1.807) is 19.5 Å². The fourth-order valence-electron chi connectivity index (χ4n) is 4.97. The number of likely N-dealkylation sites (tertiary alicyclic amines) is 1. The van der Waals surface area contributed by atoms with Gasteiger partial charge in [-0.25, -0.2) is 9.97 Å². The Balaban J connectivity index is 1.22. The third-order valence-corrected chi connectivity index (χ3v) is 6.80. The van der Waals surface area contributed by atoms with Crippen LogP contribution in [0.2, 0.25) is 0 Å². The second-order valence-electron chi connectivity index (χ2n) is 8.96. The van der Waals surface area contributed by atoms with Gasteiger partial charge in [-0.2, -0.15) is 0 Å². The van der Waals surface area contributed by atoms with E-state index in [2.05, 4.69) is 32.3 Å². The van der Waals surface area contributed by atoms with Gasteiger partial charge in [-0.15, -0.1) is 0 Å². The molecule has 3 aromatic rings. The van der Waals surface area contributed by atoms with Crippen molar-refractivity contribution in [1.82, 2.24) is 19.9 Å². The number of methoxy groups -OCH3 is 1. The number of nitrogens with zero attached hydrogens (tertiary/aromatic N) is 4. The van der Waals surface area contributed by atoms with Gasteiger partial charge in [-0.3, -0.25) is 9.88 Å². The minimum atomic E-state index is 0.437. The molecule has 3 heterocycles. The summed E-state index contributed by atoms with van der Waals surface area (Å²) in [6, 6.07) is 8.63. The molecule has 6 heteroatoms. The number of hydrogen-bond donors (Lipinski definition) is 1. The number of aryl methyl sites for hydroxylation is 3. The number of benzene rings is 1. The van der Waals surface area contributed by atoms with Crippen LogP contribution in [0, 0.1) is 6.92 Å². The number of pyridine rings is 1. The smallest absolute Gasteiger partial charge is 0.150 e. The van der Waals surface area contributed by atoms with Crippen LogP contribution in [0.1, 0.15) is 53.1 Å². The molecule has 0 unspecified atom stereocenters. The maximum absolute atomic E-state index is 5.72. The maximum atomic E-state index is 5.72. The molecule has 1 aliphatic carbocycles. The Morgan fingerprint density at radius 2 is 1.94 bits per heavy atom. The van der Waals surface area contributed by atoms with E-state index < -0.39 is 0 Å². The summed E-state index contributed by atoms with van der Waals surface area (Å²) in [4.78, 5) is 16.3. The first-order valence-corrected chi connectivity index (χ1v) is 11.6. The lowest BCUT2D eigenvalue weighted by Gasteiger charge is -2.32. The highest BCUT2D eigenvalue weighted by atomic mass is 16.5. The monoisotopic (exact) mass is 429 g/mol. The number of fused-ring (bicyclic) bond motifs is 1. The summed E-state index contributed by atoms with van der Waals surface area (Å²) in [6.45, 7) is 5.11. The van der Waals surface area contributed by atoms with Gasteiger partial charge in [0.1, 0.15) is 17.4 Å². The molecule has 1 aromatic carbocycles. The highest BCUT2D eigenvalue weighted by Crippen LogP contribution is 2.33. The zero-order valence-electron chi connectivity index (χ0n) is 19.0. The molecule has 1 saturated heterocycles. The Labute approximate surface area is 190 Å². The Morgan fingerprint density at radius 1 is 1.12 bits per heavy atom. The van der Waals surface area contributed by atoms with Gasteiger partial charge in [0.15, 0.2) is 0 Å². The van der Waals surface area contributed by atoms with E-state index >= 15 is 0 Å². The molecule has 0 radical (unpaired) electrons. The average molecular weight is 430 g/mol. The topological polar surface area (TPSA) is 63.2 Å². The lowest BCUT2D eigenvalue weighted by Crippen LogP contribution is -2.33. The van der Waals surface area contributed by atoms with Gasteiger partial charge in [0.25, 0.3) is 0 Å². The predicted octanol–water partition coefficient (Wildman–Crippen LogP) is 4.80. The fourth-order valence-corrected chi connectivity index (χ4v) is 4.97. The summed E-state index contributed by atoms with van der Waals surface area (Å²) in [6.07, 6.45) is 11.3. The second-order valence-corrected chi connectivity index (χ2v) is 8.96. The number of hydrogen-bond acceptors (Lipinski definition) is 6. The summed E-state index contributed by atoms with van der Waals surface area (Å²) in [7, 11) is 1.79. The molecule has 0 spiro atoms. The molecule has 5 rings (SSSR count). The Bertz CT molecular complexity index is 1090. The molecular formula is C26H31N5O. The van der Waals surface area contributed by atoms with Crippen molar-refractivity contribution in [3.05, 3.63) is 70.8 Å². The molecule has 1 fully saturated rings. The largest absolute Gasteiger partial charge is 0.496 e. The van der Waals surface area contributed by atoms with E-state index in [4.69, 9.17) is 9.72 Å². The van der Waals surface area contributed by atoms with Gasteiger partial charge in [0, 0.05) is 30.4 Å². The number of ether oxygens (including phenoxy) is 1. The van der Waals surface area contributed by atoms with Gasteiger partial charge in [0.05, 0.1) is 19.0 Å². The van der Waals surface area contributed by atoms with Crippen molar-refractivity contribution >= 4 is 11.6 Å². The van der Waals surface area contributed by atoms with E-state index in [0.717, 1.165) is 61.1 Å². The van der Waals surface area contributed by atoms with E-state index in [1.165, 1.54) is 36.0 Å². The van der Waals surface area contributed by atoms with Crippen molar-refractivity contribution in [3.8, 4) is 5.75 Å². The van der Waals surface area contributed by atoms with Crippen molar-refractivity contribution < 1.29 is 4.74 Å². The van der Waals surface area contributed by atoms with Crippen LogP contribution in [0.15, 0.2) is 42.9 Å². The molecule has 1 N–H and O–H groups in total. The van der Waals surface area contributed by atoms with E-state index in [0.29, 0.717) is 5.92 Å². The third kappa shape index (κ3) is 4.46. The average Bonchev–Trinajstić information content (AvgIpc) is 3.28. The summed E-state index contributed by atoms with van der Waals surface area (Å²) in [5.74, 6) is 3.07. The van der Waals surface area contributed by atoms with Crippen LogP contribution in [0.5, 0.6) is 5.75 Å². The maximum Gasteiger partial charge on any atom is 0.150 e. The summed E-state index contributed by atoms with van der Waals surface area (Å²) >= 11 is 0. The van der Waals surface area contributed by atoms with Crippen molar-refractivity contribution in [3.63, 3.8) is 0 Å². The van der Waals surface area contributed by atoms with Crippen LogP contribution in [-0.2, 0) is 19.4 Å². The van der Waals surface area contributed by atoms with E-state index in [9.17, 15) is 0 Å². The highest BCUT2D eigenvalue weighted by Gasteiger charge is 2.24. The number of piperidine rings is 1. The molecule has 0 saturated carbocycles. The first-order chi connectivity index (χ1) is 15.7. The molecule has 1 aliphatic heterocycles. The van der Waals surface area contributed by atoms with Gasteiger partial charge < -0.3 is 10.1 Å². The molecule has 166 valence electrons. The first kappa shape index (κ1) is 20.9. The molecule has 0 atom stereocenters. The van der Waals surface area contributed by atoms with Gasteiger partial charge in [-0.1, -0.05) is 12.1 Å². The normalized spacial score (nSPS) is 16.7. The zero-order valence-corrected chi connectivity index (χ0v) is 19.0. The summed E-state index contributed by atoms with van der Waals surface area (Å²) < 4.78 is 5.72. The Morgan fingerprint density at radius 3 is 2.72 bits per heavy atom. The standard InChI is InChI=1S/C26H31N5O/c1-18-5-4-10-28-26(18)30-25-16-27-15-23(29-25)19-8-11-31(12-9-19)17-22-13-20-6-3-7-21(20)14-24(22)32-2/h4-5,10,13-16,19H,3,6-9,11-12,17H2,1-2H3,(H,28,29,30). The molecule has 0 amide bonds. The van der Waals surface area contributed by atoms with Crippen LogP contribution < -0.4 is 10.1 Å². The zero-order chi connectivity index (χ0) is 21.9. The fraction of sp³-hybridized carbons (Fsp3) is 0.423. The van der Waals surface area contributed by atoms with Crippen LogP contribution >= 0.6 is 0 Å². The molecule has 2 aliphatic rings. The van der Waals surface area contributed by atoms with Crippen molar-refractivity contribution in [1.29, 1.82) is 0 Å². The molecule has 32 heavy (non-hydrogen) atoms. The van der Waals surface area contributed by atoms with Crippen molar-refractivity contribution in [2.45, 2.75) is 51.5 Å². The molecule has 6 nitrogen and oxygen atoms in total. The predicted molar refractivity (Wildman–Crippen MR) is 127 cm³/mol. The van der Waals surface area contributed by atoms with Crippen LogP contribution in [0.3, 0.4) is 0 Å². The number of aromatic nitrogens is 3. The highest BCUT2D eigenvalue weighted by molar-refractivity contribution is 5.54. The molecule has 2 aromatic heterocycles. The number of rotatable bonds is 6. The number of anilines is 2. The van der Waals surface area contributed by atoms with Gasteiger partial charge in [-0.05, 0) is 80.9 Å². The second kappa shape index (κ2) is 9.25. The quantitative estimate of drug-likeness (QED) is 0.607. The summed E-state index contributed by atoms with van der Waals surface area (Å²) in [5.41, 5.74) is 6.47. The van der Waals surface area contributed by atoms with Crippen molar-refractivity contribution in [2.75, 3.05) is 25.5 Å². The van der Waals surface area contributed by atoms with E-state index in [1.807, 2.05) is 25.3 Å². The van der Waals surface area contributed by atoms with Crippen LogP contribution in [-0.4, -0.2) is 40.1 Å². The van der Waals surface area contributed by atoms with Gasteiger partial charge in [0.2, 0.25) is 0 Å². The Kier molecular flexibility index (Phi) is 6.04. The lowest BCUT2D eigenvalue weighted by molar-refractivity contribution is 0.201. The Hall–Kier alpha value is -2.99. The SMILES string of the molecule is COc1cc2c(cc1CN1CCC(c3cncc(Nc4ncccc4C)n3)CC1)CCC2. The third-order valence-electron chi connectivity index (χ3n) is 6.80. The van der Waals surface area contributed by atoms with Crippen molar-refractivity contribution in [2.24, 2.45) is 0 Å². The number of nitrogens with one attached hydrogen (secondary N) is 1. The van der Waals surface area contributed by atoms with E-state index in [-0.39, 0.29) is 0 Å². The van der Waals surface area contributed by atoms with Gasteiger partial charge >= 0.3 is 0 Å². The summed E-state index contributed by atoms with van der Waals surface area (Å²) in [5, 5.41) is 3.32. The minimum Gasteiger partial charge on any atom is -0.496 e.